The fourth-order valence-corrected chi connectivity index (χ4v) is 2.81. The van der Waals surface area contributed by atoms with Crippen LogP contribution in [-0.2, 0) is 14.7 Å². The second kappa shape index (κ2) is 4.02. The number of hydrogen-bond donors (Lipinski definition) is 1. The quantitative estimate of drug-likeness (QED) is 0.798. The van der Waals surface area contributed by atoms with Gasteiger partial charge in [0.2, 0.25) is 0 Å². The molecule has 0 amide bonds. The topological polar surface area (TPSA) is 30.5 Å². The van der Waals surface area contributed by atoms with E-state index in [9.17, 15) is 0 Å². The first-order chi connectivity index (χ1) is 9.12. The summed E-state index contributed by atoms with van der Waals surface area (Å²) in [7, 11) is -0.276. The average molecular weight is 273 g/mol. The van der Waals surface area contributed by atoms with Crippen LogP contribution in [0.3, 0.4) is 0 Å². The first-order valence-corrected chi connectivity index (χ1v) is 7.36. The molecule has 3 rings (SSSR count). The summed E-state index contributed by atoms with van der Waals surface area (Å²) < 4.78 is 12.3. The molecule has 2 aliphatic rings. The van der Waals surface area contributed by atoms with Gasteiger partial charge in [0.25, 0.3) is 0 Å². The molecule has 0 radical (unpaired) electrons. The Hall–Kier alpha value is -0.995. The van der Waals surface area contributed by atoms with Crippen molar-refractivity contribution in [3.63, 3.8) is 0 Å². The van der Waals surface area contributed by atoms with Gasteiger partial charge in [-0.3, -0.25) is 0 Å². The third-order valence-electron chi connectivity index (χ3n) is 5.02. The molecule has 3 nitrogen and oxygen atoms in total. The van der Waals surface area contributed by atoms with Crippen molar-refractivity contribution < 1.29 is 9.31 Å². The summed E-state index contributed by atoms with van der Waals surface area (Å²) in [6, 6.07) is 6.48. The third kappa shape index (κ3) is 1.97. The van der Waals surface area contributed by atoms with Gasteiger partial charge in [0.15, 0.2) is 0 Å². The summed E-state index contributed by atoms with van der Waals surface area (Å²) in [6.45, 7) is 13.9. The highest BCUT2D eigenvalue weighted by atomic mass is 16.7. The second-order valence-electron chi connectivity index (χ2n) is 7.63. The Morgan fingerprint density at radius 2 is 1.60 bits per heavy atom. The maximum absolute atomic E-state index is 6.14. The van der Waals surface area contributed by atoms with Gasteiger partial charge in [0, 0.05) is 17.6 Å². The van der Waals surface area contributed by atoms with Gasteiger partial charge in [0.1, 0.15) is 0 Å². The van der Waals surface area contributed by atoms with Gasteiger partial charge in [-0.1, -0.05) is 26.0 Å². The minimum Gasteiger partial charge on any atom is -0.399 e. The van der Waals surface area contributed by atoms with E-state index in [4.69, 9.17) is 9.31 Å². The minimum absolute atomic E-state index is 0.162. The normalized spacial score (nSPS) is 25.4. The van der Waals surface area contributed by atoms with Crippen molar-refractivity contribution in [2.45, 2.75) is 58.2 Å². The molecule has 1 aromatic carbocycles. The van der Waals surface area contributed by atoms with Crippen LogP contribution < -0.4 is 10.8 Å². The predicted octanol–water partition coefficient (Wildman–Crippen LogP) is 2.69. The Bertz CT molecular complexity index is 535. The van der Waals surface area contributed by atoms with Crippen LogP contribution >= 0.6 is 0 Å². The number of rotatable bonds is 1. The van der Waals surface area contributed by atoms with E-state index in [1.807, 2.05) is 0 Å². The molecule has 108 valence electrons. The van der Waals surface area contributed by atoms with E-state index >= 15 is 0 Å². The lowest BCUT2D eigenvalue weighted by Crippen LogP contribution is -2.41. The van der Waals surface area contributed by atoms with E-state index in [-0.39, 0.29) is 23.7 Å². The molecule has 0 aromatic heterocycles. The van der Waals surface area contributed by atoms with Crippen LogP contribution in [0.25, 0.3) is 0 Å². The van der Waals surface area contributed by atoms with Gasteiger partial charge in [-0.2, -0.15) is 0 Å². The Balaban J connectivity index is 1.94. The number of benzene rings is 1. The maximum atomic E-state index is 6.14. The predicted molar refractivity (Wildman–Crippen MR) is 83.7 cm³/mol. The molecule has 0 bridgehead atoms. The lowest BCUT2D eigenvalue weighted by molar-refractivity contribution is 0.00578. The molecule has 1 fully saturated rings. The minimum atomic E-state index is -0.287. The highest BCUT2D eigenvalue weighted by Gasteiger charge is 2.52. The summed E-state index contributed by atoms with van der Waals surface area (Å²) in [4.78, 5) is 0. The van der Waals surface area contributed by atoms with Gasteiger partial charge in [-0.15, -0.1) is 0 Å². The van der Waals surface area contributed by atoms with Crippen LogP contribution in [0, 0.1) is 0 Å². The van der Waals surface area contributed by atoms with Crippen LogP contribution in [-0.4, -0.2) is 24.9 Å². The lowest BCUT2D eigenvalue weighted by Gasteiger charge is -2.32. The SMILES string of the molecule is CC1(C)CNc2ccc(B3OC(C)(C)C(C)(C)O3)cc21. The van der Waals surface area contributed by atoms with Gasteiger partial charge in [0.05, 0.1) is 11.2 Å². The fraction of sp³-hybridized carbons (Fsp3) is 0.625. The number of fused-ring (bicyclic) bond motifs is 1. The highest BCUT2D eigenvalue weighted by molar-refractivity contribution is 6.62. The van der Waals surface area contributed by atoms with Gasteiger partial charge in [-0.25, -0.2) is 0 Å². The van der Waals surface area contributed by atoms with E-state index < -0.39 is 0 Å². The standard InChI is InChI=1S/C16H24BNO2/c1-14(2)10-18-13-8-7-11(9-12(13)14)17-19-15(3,4)16(5,6)20-17/h7-9,18H,10H2,1-6H3. The fourth-order valence-electron chi connectivity index (χ4n) is 2.81. The van der Waals surface area contributed by atoms with Crippen LogP contribution in [0.2, 0.25) is 0 Å². The molecule has 1 N–H and O–H groups in total. The maximum Gasteiger partial charge on any atom is 0.494 e. The van der Waals surface area contributed by atoms with Crippen molar-refractivity contribution in [3.05, 3.63) is 23.8 Å². The van der Waals surface area contributed by atoms with Crippen LogP contribution in [0.1, 0.15) is 47.1 Å². The van der Waals surface area contributed by atoms with Crippen LogP contribution in [0.4, 0.5) is 5.69 Å². The zero-order valence-electron chi connectivity index (χ0n) is 13.3. The van der Waals surface area contributed by atoms with Gasteiger partial charge >= 0.3 is 7.12 Å². The largest absolute Gasteiger partial charge is 0.494 e. The zero-order valence-corrected chi connectivity index (χ0v) is 13.3. The Morgan fingerprint density at radius 1 is 1.00 bits per heavy atom. The van der Waals surface area contributed by atoms with E-state index in [0.29, 0.717) is 0 Å². The summed E-state index contributed by atoms with van der Waals surface area (Å²) >= 11 is 0. The summed E-state index contributed by atoms with van der Waals surface area (Å²) in [5.74, 6) is 0. The molecule has 0 spiro atoms. The van der Waals surface area contributed by atoms with Crippen molar-refractivity contribution in [2.24, 2.45) is 0 Å². The first-order valence-electron chi connectivity index (χ1n) is 7.36. The molecule has 20 heavy (non-hydrogen) atoms. The summed E-state index contributed by atoms with van der Waals surface area (Å²) in [6.07, 6.45) is 0. The van der Waals surface area contributed by atoms with Gasteiger partial charge < -0.3 is 14.6 Å². The van der Waals surface area contributed by atoms with Crippen molar-refractivity contribution in [1.29, 1.82) is 0 Å². The molecule has 1 aromatic rings. The molecule has 2 heterocycles. The van der Waals surface area contributed by atoms with E-state index in [0.717, 1.165) is 12.0 Å². The molecule has 0 saturated carbocycles. The van der Waals surface area contributed by atoms with Crippen LogP contribution in [0.15, 0.2) is 18.2 Å². The van der Waals surface area contributed by atoms with Crippen molar-refractivity contribution in [3.8, 4) is 0 Å². The summed E-state index contributed by atoms with van der Waals surface area (Å²) in [5.41, 5.74) is 3.28. The molecular weight excluding hydrogens is 249 g/mol. The number of anilines is 1. The first kappa shape index (κ1) is 14.0. The van der Waals surface area contributed by atoms with Crippen molar-refractivity contribution in [1.82, 2.24) is 0 Å². The molecule has 2 aliphatic heterocycles. The molecule has 1 saturated heterocycles. The Labute approximate surface area is 122 Å². The average Bonchev–Trinajstić information content (AvgIpc) is 2.74. The molecule has 0 atom stereocenters. The number of hydrogen-bond acceptors (Lipinski definition) is 3. The Morgan fingerprint density at radius 3 is 2.20 bits per heavy atom. The van der Waals surface area contributed by atoms with E-state index in [2.05, 4.69) is 65.1 Å². The molecule has 4 heteroatoms. The smallest absolute Gasteiger partial charge is 0.399 e. The lowest BCUT2D eigenvalue weighted by atomic mass is 9.75. The number of nitrogens with one attached hydrogen (secondary N) is 1. The molecule has 0 aliphatic carbocycles. The van der Waals surface area contributed by atoms with Crippen LogP contribution in [0.5, 0.6) is 0 Å². The van der Waals surface area contributed by atoms with E-state index in [1.54, 1.807) is 0 Å². The molecule has 0 unspecified atom stereocenters. The third-order valence-corrected chi connectivity index (χ3v) is 5.02. The second-order valence-corrected chi connectivity index (χ2v) is 7.63. The van der Waals surface area contributed by atoms with Crippen molar-refractivity contribution in [2.75, 3.05) is 11.9 Å². The highest BCUT2D eigenvalue weighted by Crippen LogP contribution is 2.38. The Kier molecular flexibility index (Phi) is 2.80. The van der Waals surface area contributed by atoms with E-state index in [1.165, 1.54) is 11.3 Å². The zero-order chi connectivity index (χ0) is 14.8. The monoisotopic (exact) mass is 273 g/mol. The van der Waals surface area contributed by atoms with Crippen molar-refractivity contribution >= 4 is 18.3 Å². The summed E-state index contributed by atoms with van der Waals surface area (Å²) in [5, 5.41) is 3.46. The molecular formula is C16H24BNO2. The van der Waals surface area contributed by atoms with Gasteiger partial charge in [-0.05, 0) is 44.8 Å².